The molecule has 0 heterocycles. The van der Waals surface area contributed by atoms with Crippen LogP contribution in [-0.4, -0.2) is 43.6 Å². The summed E-state index contributed by atoms with van der Waals surface area (Å²) in [5.41, 5.74) is 0. The van der Waals surface area contributed by atoms with Gasteiger partial charge in [-0.2, -0.15) is 0 Å². The molecule has 1 aliphatic rings. The molecule has 0 aromatic carbocycles. The summed E-state index contributed by atoms with van der Waals surface area (Å²) in [6.07, 6.45) is 0.946. The maximum Gasteiger partial charge on any atom is 0.211 e. The second-order valence-electron chi connectivity index (χ2n) is 3.41. The summed E-state index contributed by atoms with van der Waals surface area (Å²) in [5, 5.41) is 17.3. The lowest BCUT2D eigenvalue weighted by Crippen LogP contribution is -2.35. The van der Waals surface area contributed by atoms with E-state index in [4.69, 9.17) is 10.2 Å². The molecule has 5 nitrogen and oxygen atoms in total. The lowest BCUT2D eigenvalue weighted by Gasteiger charge is -2.08. The standard InChI is InChI=1S/C7H15NO4S/c9-4-7(10)3-8-13(11,12)5-6-1-2-6/h6-10H,1-5H2. The van der Waals surface area contributed by atoms with Gasteiger partial charge in [0.2, 0.25) is 10.0 Å². The topological polar surface area (TPSA) is 86.6 Å². The van der Waals surface area contributed by atoms with Gasteiger partial charge < -0.3 is 10.2 Å². The molecule has 13 heavy (non-hydrogen) atoms. The van der Waals surface area contributed by atoms with Gasteiger partial charge in [-0.15, -0.1) is 0 Å². The van der Waals surface area contributed by atoms with Crippen molar-refractivity contribution in [2.45, 2.75) is 18.9 Å². The van der Waals surface area contributed by atoms with Gasteiger partial charge in [-0.1, -0.05) is 0 Å². The largest absolute Gasteiger partial charge is 0.394 e. The molecule has 0 amide bonds. The minimum absolute atomic E-state index is 0.106. The fraction of sp³-hybridized carbons (Fsp3) is 1.00. The zero-order valence-corrected chi connectivity index (χ0v) is 8.13. The Morgan fingerprint density at radius 3 is 2.54 bits per heavy atom. The first-order valence-corrected chi connectivity index (χ1v) is 5.95. The van der Waals surface area contributed by atoms with E-state index in [9.17, 15) is 8.42 Å². The SMILES string of the molecule is O=S(=O)(CC1CC1)NCC(O)CO. The molecule has 0 radical (unpaired) electrons. The van der Waals surface area contributed by atoms with Crippen molar-refractivity contribution in [2.75, 3.05) is 18.9 Å². The van der Waals surface area contributed by atoms with Crippen LogP contribution < -0.4 is 4.72 Å². The summed E-state index contributed by atoms with van der Waals surface area (Å²) < 4.78 is 24.6. The zero-order valence-electron chi connectivity index (χ0n) is 7.31. The molecule has 0 bridgehead atoms. The lowest BCUT2D eigenvalue weighted by molar-refractivity contribution is 0.0988. The fourth-order valence-electron chi connectivity index (χ4n) is 0.941. The van der Waals surface area contributed by atoms with E-state index in [0.29, 0.717) is 5.92 Å². The van der Waals surface area contributed by atoms with Crippen LogP contribution >= 0.6 is 0 Å². The predicted molar refractivity (Wildman–Crippen MR) is 47.6 cm³/mol. The third-order valence-electron chi connectivity index (χ3n) is 1.90. The summed E-state index contributed by atoms with van der Waals surface area (Å²) in [6, 6.07) is 0. The summed E-state index contributed by atoms with van der Waals surface area (Å²) in [7, 11) is -3.24. The Bertz CT molecular complexity index is 247. The molecule has 0 aromatic heterocycles. The van der Waals surface area contributed by atoms with Crippen molar-refractivity contribution in [2.24, 2.45) is 5.92 Å². The van der Waals surface area contributed by atoms with Gasteiger partial charge in [-0.3, -0.25) is 0 Å². The quantitative estimate of drug-likeness (QED) is 0.506. The van der Waals surface area contributed by atoms with Crippen LogP contribution in [0.15, 0.2) is 0 Å². The molecule has 1 fully saturated rings. The van der Waals surface area contributed by atoms with E-state index in [2.05, 4.69) is 4.72 Å². The first-order valence-electron chi connectivity index (χ1n) is 4.30. The maximum absolute atomic E-state index is 11.2. The van der Waals surface area contributed by atoms with Crippen molar-refractivity contribution in [1.82, 2.24) is 4.72 Å². The summed E-state index contributed by atoms with van der Waals surface area (Å²) in [4.78, 5) is 0. The minimum Gasteiger partial charge on any atom is -0.394 e. The molecule has 1 unspecified atom stereocenters. The summed E-state index contributed by atoms with van der Waals surface area (Å²) >= 11 is 0. The molecule has 0 aromatic rings. The van der Waals surface area contributed by atoms with Crippen molar-refractivity contribution in [1.29, 1.82) is 0 Å². The predicted octanol–water partition coefficient (Wildman–Crippen LogP) is -1.33. The van der Waals surface area contributed by atoms with Crippen LogP contribution in [0.25, 0.3) is 0 Å². The van der Waals surface area contributed by atoms with Crippen LogP contribution in [-0.2, 0) is 10.0 Å². The third kappa shape index (κ3) is 4.56. The monoisotopic (exact) mass is 209 g/mol. The number of hydrogen-bond acceptors (Lipinski definition) is 4. The zero-order chi connectivity index (χ0) is 9.90. The minimum atomic E-state index is -3.24. The number of rotatable bonds is 6. The first kappa shape index (κ1) is 10.9. The number of aliphatic hydroxyl groups is 2. The van der Waals surface area contributed by atoms with Crippen LogP contribution in [0.4, 0.5) is 0 Å². The van der Waals surface area contributed by atoms with Crippen molar-refractivity contribution in [3.63, 3.8) is 0 Å². The molecule has 1 saturated carbocycles. The van der Waals surface area contributed by atoms with Crippen LogP contribution in [0.2, 0.25) is 0 Å². The highest BCUT2D eigenvalue weighted by Gasteiger charge is 2.27. The lowest BCUT2D eigenvalue weighted by atomic mass is 10.4. The number of hydrogen-bond donors (Lipinski definition) is 3. The van der Waals surface area contributed by atoms with Crippen molar-refractivity contribution in [3.8, 4) is 0 Å². The van der Waals surface area contributed by atoms with Crippen LogP contribution in [0, 0.1) is 5.92 Å². The van der Waals surface area contributed by atoms with E-state index in [1.165, 1.54) is 0 Å². The molecule has 0 saturated heterocycles. The van der Waals surface area contributed by atoms with E-state index >= 15 is 0 Å². The van der Waals surface area contributed by atoms with Gasteiger partial charge in [-0.05, 0) is 18.8 Å². The van der Waals surface area contributed by atoms with Crippen LogP contribution in [0.3, 0.4) is 0 Å². The normalized spacial score (nSPS) is 20.2. The molecule has 0 spiro atoms. The van der Waals surface area contributed by atoms with E-state index < -0.39 is 22.7 Å². The maximum atomic E-state index is 11.2. The highest BCUT2D eigenvalue weighted by Crippen LogP contribution is 2.29. The average molecular weight is 209 g/mol. The fourth-order valence-corrected chi connectivity index (χ4v) is 2.46. The van der Waals surface area contributed by atoms with Gasteiger partial charge in [0.15, 0.2) is 0 Å². The molecule has 1 rings (SSSR count). The van der Waals surface area contributed by atoms with E-state index in [1.807, 2.05) is 0 Å². The van der Waals surface area contributed by atoms with Gasteiger partial charge in [-0.25, -0.2) is 13.1 Å². The molecule has 6 heteroatoms. The summed E-state index contributed by atoms with van der Waals surface area (Å²) in [5.74, 6) is 0.439. The third-order valence-corrected chi connectivity index (χ3v) is 3.42. The van der Waals surface area contributed by atoms with Crippen molar-refractivity contribution < 1.29 is 18.6 Å². The molecule has 1 atom stereocenters. The molecule has 1 aliphatic carbocycles. The van der Waals surface area contributed by atoms with Crippen molar-refractivity contribution >= 4 is 10.0 Å². The van der Waals surface area contributed by atoms with Crippen molar-refractivity contribution in [3.05, 3.63) is 0 Å². The first-order chi connectivity index (χ1) is 6.03. The Labute approximate surface area is 77.8 Å². The second-order valence-corrected chi connectivity index (χ2v) is 5.26. The summed E-state index contributed by atoms with van der Waals surface area (Å²) in [6.45, 7) is -0.530. The van der Waals surface area contributed by atoms with Crippen LogP contribution in [0.1, 0.15) is 12.8 Å². The van der Waals surface area contributed by atoms with E-state index in [0.717, 1.165) is 12.8 Å². The Kier molecular flexibility index (Phi) is 3.66. The molecule has 78 valence electrons. The highest BCUT2D eigenvalue weighted by molar-refractivity contribution is 7.89. The van der Waals surface area contributed by atoms with E-state index in [-0.39, 0.29) is 12.3 Å². The number of nitrogens with one attached hydrogen (secondary N) is 1. The average Bonchev–Trinajstić information content (AvgIpc) is 2.83. The molecular formula is C7H15NO4S. The number of aliphatic hydroxyl groups excluding tert-OH is 2. The van der Waals surface area contributed by atoms with Crippen LogP contribution in [0.5, 0.6) is 0 Å². The Morgan fingerprint density at radius 1 is 1.46 bits per heavy atom. The van der Waals surface area contributed by atoms with Gasteiger partial charge in [0.1, 0.15) is 0 Å². The highest BCUT2D eigenvalue weighted by atomic mass is 32.2. The van der Waals surface area contributed by atoms with Gasteiger partial charge >= 0.3 is 0 Å². The number of sulfonamides is 1. The van der Waals surface area contributed by atoms with Gasteiger partial charge in [0, 0.05) is 6.54 Å². The molecule has 0 aliphatic heterocycles. The molecular weight excluding hydrogens is 194 g/mol. The van der Waals surface area contributed by atoms with Gasteiger partial charge in [0.05, 0.1) is 18.5 Å². The Morgan fingerprint density at radius 2 is 2.08 bits per heavy atom. The van der Waals surface area contributed by atoms with E-state index in [1.54, 1.807) is 0 Å². The smallest absolute Gasteiger partial charge is 0.211 e. The Hall–Kier alpha value is -0.170. The van der Waals surface area contributed by atoms with Gasteiger partial charge in [0.25, 0.3) is 0 Å². The Balaban J connectivity index is 2.24. The molecule has 3 N–H and O–H groups in total. The second kappa shape index (κ2) is 4.36.